The molecule has 1 amide bonds. The first-order valence-electron chi connectivity index (χ1n) is 13.1. The summed E-state index contributed by atoms with van der Waals surface area (Å²) in [5, 5.41) is 13.5. The van der Waals surface area contributed by atoms with E-state index in [1.807, 2.05) is 42.5 Å². The number of pyridine rings is 1. The number of piperazine rings is 1. The van der Waals surface area contributed by atoms with Gasteiger partial charge in [0.2, 0.25) is 0 Å². The summed E-state index contributed by atoms with van der Waals surface area (Å²) in [6.07, 6.45) is 3.50. The Kier molecular flexibility index (Phi) is 6.79. The van der Waals surface area contributed by atoms with Gasteiger partial charge in [-0.05, 0) is 66.7 Å². The van der Waals surface area contributed by atoms with Gasteiger partial charge in [-0.15, -0.1) is 0 Å². The number of H-pyrrole nitrogens is 1. The van der Waals surface area contributed by atoms with E-state index in [0.29, 0.717) is 28.0 Å². The molecule has 5 aromatic rings. The maximum atomic E-state index is 13.0. The van der Waals surface area contributed by atoms with Gasteiger partial charge < -0.3 is 20.3 Å². The van der Waals surface area contributed by atoms with Crippen LogP contribution in [0.5, 0.6) is 5.75 Å². The number of likely N-dealkylation sites (N-methyl/N-ethyl adjacent to an activating group) is 1. The molecule has 1 aliphatic heterocycles. The van der Waals surface area contributed by atoms with E-state index in [1.165, 1.54) is 5.56 Å². The summed E-state index contributed by atoms with van der Waals surface area (Å²) >= 11 is 0. The molecule has 0 saturated carbocycles. The van der Waals surface area contributed by atoms with E-state index in [9.17, 15) is 9.90 Å². The highest BCUT2D eigenvalue weighted by molar-refractivity contribution is 6.06. The monoisotopic (exact) mass is 518 g/mol. The molecular formula is C31H30N6O2. The molecule has 196 valence electrons. The van der Waals surface area contributed by atoms with E-state index in [-0.39, 0.29) is 11.7 Å². The van der Waals surface area contributed by atoms with E-state index in [1.54, 1.807) is 30.6 Å². The molecule has 1 fully saturated rings. The summed E-state index contributed by atoms with van der Waals surface area (Å²) in [6, 6.07) is 22.6. The van der Waals surface area contributed by atoms with Crippen LogP contribution in [0.3, 0.4) is 0 Å². The highest BCUT2D eigenvalue weighted by atomic mass is 16.3. The van der Waals surface area contributed by atoms with Gasteiger partial charge in [0.1, 0.15) is 11.6 Å². The largest absolute Gasteiger partial charge is 0.507 e. The van der Waals surface area contributed by atoms with Crippen LogP contribution in [0.15, 0.2) is 85.2 Å². The van der Waals surface area contributed by atoms with Crippen LogP contribution >= 0.6 is 0 Å². The molecule has 2 aromatic heterocycles. The smallest absolute Gasteiger partial charge is 0.255 e. The maximum Gasteiger partial charge on any atom is 0.255 e. The van der Waals surface area contributed by atoms with Crippen molar-refractivity contribution in [2.45, 2.75) is 6.54 Å². The van der Waals surface area contributed by atoms with Crippen molar-refractivity contribution in [2.75, 3.05) is 38.5 Å². The number of aromatic nitrogens is 3. The fraction of sp³-hybridized carbons (Fsp3) is 0.194. The molecule has 0 spiro atoms. The number of carbonyl (C=O) groups is 1. The Hall–Kier alpha value is -4.53. The molecule has 3 aromatic carbocycles. The molecule has 0 bridgehead atoms. The molecule has 8 heteroatoms. The third-order valence-corrected chi connectivity index (χ3v) is 7.20. The third-order valence-electron chi connectivity index (χ3n) is 7.20. The number of hydrogen-bond donors (Lipinski definition) is 3. The summed E-state index contributed by atoms with van der Waals surface area (Å²) in [7, 11) is 2.16. The van der Waals surface area contributed by atoms with E-state index in [2.05, 4.69) is 49.2 Å². The minimum absolute atomic E-state index is 0.121. The number of aromatic hydroxyl groups is 1. The van der Waals surface area contributed by atoms with Crippen LogP contribution in [0.4, 0.5) is 5.69 Å². The first-order chi connectivity index (χ1) is 19.0. The Morgan fingerprint density at radius 2 is 1.79 bits per heavy atom. The van der Waals surface area contributed by atoms with Gasteiger partial charge in [0.15, 0.2) is 0 Å². The van der Waals surface area contributed by atoms with Crippen molar-refractivity contribution in [2.24, 2.45) is 0 Å². The zero-order valence-electron chi connectivity index (χ0n) is 21.8. The second-order valence-corrected chi connectivity index (χ2v) is 10.0. The number of phenolic OH excluding ortho intramolecular Hbond substituents is 1. The molecule has 6 rings (SSSR count). The molecule has 0 unspecified atom stereocenters. The molecule has 39 heavy (non-hydrogen) atoms. The Labute approximate surface area is 227 Å². The fourth-order valence-electron chi connectivity index (χ4n) is 4.88. The number of anilines is 1. The van der Waals surface area contributed by atoms with Crippen molar-refractivity contribution in [1.82, 2.24) is 24.8 Å². The van der Waals surface area contributed by atoms with Crippen molar-refractivity contribution >= 4 is 22.6 Å². The average molecular weight is 519 g/mol. The van der Waals surface area contributed by atoms with Crippen LogP contribution < -0.4 is 5.32 Å². The lowest BCUT2D eigenvalue weighted by Gasteiger charge is -2.32. The van der Waals surface area contributed by atoms with E-state index >= 15 is 0 Å². The Balaban J connectivity index is 1.17. The molecule has 1 aliphatic rings. The number of imidazole rings is 1. The SMILES string of the molecule is CN1CCN(Cc2ccc(NC(=O)c3ccc4nc(-c5cc(-c6cccnc6)ccc5O)[nH]c4c3)cc2)CC1. The predicted octanol–water partition coefficient (Wildman–Crippen LogP) is 5.00. The van der Waals surface area contributed by atoms with Crippen molar-refractivity contribution < 1.29 is 9.90 Å². The minimum Gasteiger partial charge on any atom is -0.507 e. The van der Waals surface area contributed by atoms with Gasteiger partial charge in [-0.1, -0.05) is 24.3 Å². The van der Waals surface area contributed by atoms with E-state index < -0.39 is 0 Å². The summed E-state index contributed by atoms with van der Waals surface area (Å²) < 4.78 is 0. The van der Waals surface area contributed by atoms with Gasteiger partial charge in [-0.2, -0.15) is 0 Å². The molecule has 3 heterocycles. The predicted molar refractivity (Wildman–Crippen MR) is 154 cm³/mol. The molecule has 1 saturated heterocycles. The van der Waals surface area contributed by atoms with Crippen molar-refractivity contribution in [3.8, 4) is 28.3 Å². The van der Waals surface area contributed by atoms with Crippen LogP contribution in [0.1, 0.15) is 15.9 Å². The van der Waals surface area contributed by atoms with E-state index in [4.69, 9.17) is 0 Å². The summed E-state index contributed by atoms with van der Waals surface area (Å²) in [5.74, 6) is 0.457. The zero-order valence-corrected chi connectivity index (χ0v) is 21.8. The number of benzene rings is 3. The number of phenols is 1. The number of fused-ring (bicyclic) bond motifs is 1. The topological polar surface area (TPSA) is 97.4 Å². The highest BCUT2D eigenvalue weighted by Crippen LogP contribution is 2.33. The summed E-state index contributed by atoms with van der Waals surface area (Å²) in [6.45, 7) is 5.25. The lowest BCUT2D eigenvalue weighted by Crippen LogP contribution is -2.43. The third kappa shape index (κ3) is 5.52. The Morgan fingerprint density at radius 1 is 0.974 bits per heavy atom. The number of rotatable bonds is 6. The summed E-state index contributed by atoms with van der Waals surface area (Å²) in [4.78, 5) is 29.9. The average Bonchev–Trinajstić information content (AvgIpc) is 3.39. The zero-order chi connectivity index (χ0) is 26.8. The van der Waals surface area contributed by atoms with Gasteiger partial charge in [0, 0.05) is 61.9 Å². The Bertz CT molecular complexity index is 1610. The van der Waals surface area contributed by atoms with Crippen LogP contribution in [0.25, 0.3) is 33.5 Å². The number of nitrogens with zero attached hydrogens (tertiary/aromatic N) is 4. The van der Waals surface area contributed by atoms with Crippen LogP contribution in [0, 0.1) is 0 Å². The van der Waals surface area contributed by atoms with Crippen molar-refractivity contribution in [3.05, 3.63) is 96.3 Å². The summed E-state index contributed by atoms with van der Waals surface area (Å²) in [5.41, 5.74) is 6.38. The van der Waals surface area contributed by atoms with Gasteiger partial charge in [-0.3, -0.25) is 14.7 Å². The van der Waals surface area contributed by atoms with Crippen molar-refractivity contribution in [1.29, 1.82) is 0 Å². The number of nitrogens with one attached hydrogen (secondary N) is 2. The maximum absolute atomic E-state index is 13.0. The molecular weight excluding hydrogens is 488 g/mol. The standard InChI is InChI=1S/C31H30N6O2/c1-36-13-15-37(16-14-36)20-21-4-8-25(9-5-21)33-31(39)23-6-10-27-28(18-23)35-30(34-27)26-17-22(7-11-29(26)38)24-3-2-12-32-19-24/h2-12,17-19,38H,13-16,20H2,1H3,(H,33,39)(H,34,35). The minimum atomic E-state index is -0.193. The first kappa shape index (κ1) is 24.8. The Morgan fingerprint density at radius 3 is 2.56 bits per heavy atom. The fourth-order valence-corrected chi connectivity index (χ4v) is 4.88. The van der Waals surface area contributed by atoms with Crippen molar-refractivity contribution in [3.63, 3.8) is 0 Å². The first-order valence-corrected chi connectivity index (χ1v) is 13.1. The van der Waals surface area contributed by atoms with Crippen LogP contribution in [-0.4, -0.2) is 69.0 Å². The van der Waals surface area contributed by atoms with Gasteiger partial charge in [0.25, 0.3) is 5.91 Å². The number of amides is 1. The van der Waals surface area contributed by atoms with Gasteiger partial charge in [-0.25, -0.2) is 4.98 Å². The highest BCUT2D eigenvalue weighted by Gasteiger charge is 2.15. The van der Waals surface area contributed by atoms with Gasteiger partial charge >= 0.3 is 0 Å². The normalized spacial score (nSPS) is 14.5. The second kappa shape index (κ2) is 10.7. The molecule has 3 N–H and O–H groups in total. The molecule has 0 aliphatic carbocycles. The van der Waals surface area contributed by atoms with Crippen LogP contribution in [0.2, 0.25) is 0 Å². The number of aromatic amines is 1. The molecule has 0 radical (unpaired) electrons. The number of hydrogen-bond acceptors (Lipinski definition) is 6. The van der Waals surface area contributed by atoms with Gasteiger partial charge in [0.05, 0.1) is 16.6 Å². The molecule has 8 nitrogen and oxygen atoms in total. The number of carbonyl (C=O) groups excluding carboxylic acids is 1. The molecule has 0 atom stereocenters. The quantitative estimate of drug-likeness (QED) is 0.293. The lowest BCUT2D eigenvalue weighted by molar-refractivity contribution is 0.102. The van der Waals surface area contributed by atoms with Crippen LogP contribution in [-0.2, 0) is 6.54 Å². The second-order valence-electron chi connectivity index (χ2n) is 10.0. The van der Waals surface area contributed by atoms with E-state index in [0.717, 1.165) is 49.5 Å². The lowest BCUT2D eigenvalue weighted by atomic mass is 10.0.